The van der Waals surface area contributed by atoms with Gasteiger partial charge in [0.1, 0.15) is 0 Å². The molecule has 0 N–H and O–H groups in total. The summed E-state index contributed by atoms with van der Waals surface area (Å²) in [4.78, 5) is 0. The van der Waals surface area contributed by atoms with E-state index < -0.39 is 0 Å². The summed E-state index contributed by atoms with van der Waals surface area (Å²) in [5.74, 6) is 3.54. The molecule has 46 valence electrons. The fourth-order valence-corrected chi connectivity index (χ4v) is 1.84. The van der Waals surface area contributed by atoms with E-state index in [4.69, 9.17) is 0 Å². The lowest BCUT2D eigenvalue weighted by Gasteiger charge is -1.87. The Hall–Kier alpha value is 0. The van der Waals surface area contributed by atoms with Crippen molar-refractivity contribution >= 4 is 0 Å². The van der Waals surface area contributed by atoms with Crippen LogP contribution < -0.4 is 0 Å². The normalized spacial score (nSPS) is 44.6. The van der Waals surface area contributed by atoms with Crippen LogP contribution in [-0.2, 0) is 0 Å². The third-order valence-corrected chi connectivity index (χ3v) is 2.73. The van der Waals surface area contributed by atoms with Gasteiger partial charge in [-0.25, -0.2) is 0 Å². The van der Waals surface area contributed by atoms with Gasteiger partial charge >= 0.3 is 0 Å². The highest BCUT2D eigenvalue weighted by atomic mass is 14.5. The minimum absolute atomic E-state index is 1.16. The van der Waals surface area contributed by atoms with Crippen LogP contribution in [0.3, 0.4) is 0 Å². The number of rotatable bonds is 2. The maximum absolute atomic E-state index is 2.33. The highest BCUT2D eigenvalue weighted by Gasteiger charge is 2.45. The first-order valence-corrected chi connectivity index (χ1v) is 3.92. The topological polar surface area (TPSA) is 0 Å². The molecule has 2 rings (SSSR count). The Kier molecular flexibility index (Phi) is 0.902. The van der Waals surface area contributed by atoms with Crippen molar-refractivity contribution in [1.82, 2.24) is 0 Å². The van der Waals surface area contributed by atoms with Gasteiger partial charge in [-0.2, -0.15) is 0 Å². The van der Waals surface area contributed by atoms with Crippen LogP contribution in [0.15, 0.2) is 0 Å². The Morgan fingerprint density at radius 1 is 1.38 bits per heavy atom. The van der Waals surface area contributed by atoms with E-state index in [1.54, 1.807) is 19.3 Å². The van der Waals surface area contributed by atoms with E-state index in [1.165, 1.54) is 18.3 Å². The van der Waals surface area contributed by atoms with Gasteiger partial charge in [0, 0.05) is 0 Å². The van der Waals surface area contributed by atoms with Crippen LogP contribution in [0.2, 0.25) is 0 Å². The second-order valence-electron chi connectivity index (χ2n) is 3.41. The van der Waals surface area contributed by atoms with Gasteiger partial charge in [0.25, 0.3) is 0 Å². The SMILES string of the molecule is CC[C@@H]1C[C@H]1C1CC1. The minimum Gasteiger partial charge on any atom is -0.0651 e. The molecule has 0 aliphatic heterocycles. The van der Waals surface area contributed by atoms with Crippen molar-refractivity contribution < 1.29 is 0 Å². The average molecular weight is 110 g/mol. The Labute approximate surface area is 51.3 Å². The molecule has 0 heteroatoms. The summed E-state index contributed by atoms with van der Waals surface area (Å²) in [6, 6.07) is 0. The molecule has 0 aromatic carbocycles. The predicted octanol–water partition coefficient (Wildman–Crippen LogP) is 2.44. The summed E-state index contributed by atoms with van der Waals surface area (Å²) in [6.07, 6.45) is 6.13. The molecule has 0 bridgehead atoms. The summed E-state index contributed by atoms with van der Waals surface area (Å²) in [7, 11) is 0. The molecule has 0 heterocycles. The zero-order chi connectivity index (χ0) is 5.56. The van der Waals surface area contributed by atoms with Gasteiger partial charge in [-0.05, 0) is 37.0 Å². The van der Waals surface area contributed by atoms with Crippen molar-refractivity contribution in [2.45, 2.75) is 32.6 Å². The van der Waals surface area contributed by atoms with Crippen LogP contribution >= 0.6 is 0 Å². The van der Waals surface area contributed by atoms with E-state index in [0.29, 0.717) is 0 Å². The molecule has 2 saturated carbocycles. The number of hydrogen-bond donors (Lipinski definition) is 0. The average Bonchev–Trinajstić information content (AvgIpc) is 2.62. The van der Waals surface area contributed by atoms with Crippen molar-refractivity contribution in [3.63, 3.8) is 0 Å². The van der Waals surface area contributed by atoms with Crippen LogP contribution in [0.1, 0.15) is 32.6 Å². The Morgan fingerprint density at radius 2 is 2.12 bits per heavy atom. The fourth-order valence-electron chi connectivity index (χ4n) is 1.84. The van der Waals surface area contributed by atoms with E-state index in [1.807, 2.05) is 0 Å². The summed E-state index contributed by atoms with van der Waals surface area (Å²) >= 11 is 0. The molecule has 0 aromatic heterocycles. The van der Waals surface area contributed by atoms with Gasteiger partial charge in [-0.3, -0.25) is 0 Å². The first-order chi connectivity index (χ1) is 3.92. The molecular weight excluding hydrogens is 96.1 g/mol. The van der Waals surface area contributed by atoms with Gasteiger partial charge in [0.05, 0.1) is 0 Å². The summed E-state index contributed by atoms with van der Waals surface area (Å²) < 4.78 is 0. The maximum Gasteiger partial charge on any atom is -0.0355 e. The molecule has 0 nitrogen and oxygen atoms in total. The highest BCUT2D eigenvalue weighted by molar-refractivity contribution is 4.95. The molecule has 0 radical (unpaired) electrons. The summed E-state index contributed by atoms with van der Waals surface area (Å²) in [5.41, 5.74) is 0. The van der Waals surface area contributed by atoms with Crippen LogP contribution in [-0.4, -0.2) is 0 Å². The second-order valence-corrected chi connectivity index (χ2v) is 3.41. The molecule has 0 spiro atoms. The van der Waals surface area contributed by atoms with Crippen molar-refractivity contribution in [1.29, 1.82) is 0 Å². The lowest BCUT2D eigenvalue weighted by atomic mass is 10.2. The van der Waals surface area contributed by atoms with Gasteiger partial charge < -0.3 is 0 Å². The van der Waals surface area contributed by atoms with Crippen LogP contribution in [0.5, 0.6) is 0 Å². The summed E-state index contributed by atoms with van der Waals surface area (Å²) in [6.45, 7) is 2.33. The zero-order valence-electron chi connectivity index (χ0n) is 5.56. The van der Waals surface area contributed by atoms with Gasteiger partial charge in [0.15, 0.2) is 0 Å². The second kappa shape index (κ2) is 1.49. The standard InChI is InChI=1S/C8H14/c1-2-6-5-8(6)7-3-4-7/h6-8H,2-5H2,1H3/t6-,8-/m1/s1. The van der Waals surface area contributed by atoms with Gasteiger partial charge in [-0.1, -0.05) is 13.3 Å². The van der Waals surface area contributed by atoms with E-state index >= 15 is 0 Å². The molecule has 0 aromatic rings. The Bertz CT molecular complexity index is 92.2. The molecule has 2 aliphatic rings. The molecule has 0 unspecified atom stereocenters. The van der Waals surface area contributed by atoms with Crippen LogP contribution in [0.25, 0.3) is 0 Å². The van der Waals surface area contributed by atoms with E-state index in [2.05, 4.69) is 6.92 Å². The quantitative estimate of drug-likeness (QED) is 0.512. The van der Waals surface area contributed by atoms with Gasteiger partial charge in [-0.15, -0.1) is 0 Å². The van der Waals surface area contributed by atoms with Crippen LogP contribution in [0, 0.1) is 17.8 Å². The lowest BCUT2D eigenvalue weighted by molar-refractivity contribution is 0.616. The highest BCUT2D eigenvalue weighted by Crippen LogP contribution is 2.55. The fraction of sp³-hybridized carbons (Fsp3) is 1.00. The van der Waals surface area contributed by atoms with Crippen molar-refractivity contribution in [2.75, 3.05) is 0 Å². The van der Waals surface area contributed by atoms with Gasteiger partial charge in [0.2, 0.25) is 0 Å². The molecule has 0 saturated heterocycles. The van der Waals surface area contributed by atoms with E-state index in [9.17, 15) is 0 Å². The van der Waals surface area contributed by atoms with Crippen molar-refractivity contribution in [3.05, 3.63) is 0 Å². The molecule has 2 aliphatic carbocycles. The monoisotopic (exact) mass is 110 g/mol. The molecule has 8 heavy (non-hydrogen) atoms. The van der Waals surface area contributed by atoms with E-state index in [-0.39, 0.29) is 0 Å². The Balaban J connectivity index is 1.79. The van der Waals surface area contributed by atoms with E-state index in [0.717, 1.165) is 5.92 Å². The van der Waals surface area contributed by atoms with Crippen molar-refractivity contribution in [3.8, 4) is 0 Å². The molecule has 2 atom stereocenters. The van der Waals surface area contributed by atoms with Crippen molar-refractivity contribution in [2.24, 2.45) is 17.8 Å². The smallest absolute Gasteiger partial charge is 0.0355 e. The molecular formula is C8H14. The third-order valence-electron chi connectivity index (χ3n) is 2.73. The maximum atomic E-state index is 2.33. The Morgan fingerprint density at radius 3 is 2.50 bits per heavy atom. The predicted molar refractivity (Wildman–Crippen MR) is 34.6 cm³/mol. The molecule has 2 fully saturated rings. The zero-order valence-corrected chi connectivity index (χ0v) is 5.56. The number of hydrogen-bond acceptors (Lipinski definition) is 0. The first kappa shape index (κ1) is 4.84. The molecule has 0 amide bonds. The lowest BCUT2D eigenvalue weighted by Crippen LogP contribution is -1.80. The third kappa shape index (κ3) is 0.667. The first-order valence-electron chi connectivity index (χ1n) is 3.92. The largest absolute Gasteiger partial charge is 0.0651 e. The van der Waals surface area contributed by atoms with Crippen LogP contribution in [0.4, 0.5) is 0 Å². The summed E-state index contributed by atoms with van der Waals surface area (Å²) in [5, 5.41) is 0. The minimum atomic E-state index is 1.16.